The predicted octanol–water partition coefficient (Wildman–Crippen LogP) is 5.63. The summed E-state index contributed by atoms with van der Waals surface area (Å²) in [5, 5.41) is 1.27. The Balaban J connectivity index is 1.76. The van der Waals surface area contributed by atoms with Crippen LogP contribution in [0.25, 0.3) is 11.1 Å². The van der Waals surface area contributed by atoms with Crippen LogP contribution in [0, 0.1) is 0 Å². The molecule has 3 rings (SSSR count). The Morgan fingerprint density at radius 2 is 1.55 bits per heavy atom. The highest BCUT2D eigenvalue weighted by atomic mass is 35.5. The Labute approximate surface area is 139 Å². The molecular formula is C18H13Cl2NO. The molecule has 3 aromatic rings. The molecule has 2 aromatic carbocycles. The normalized spacial score (nSPS) is 10.5. The summed E-state index contributed by atoms with van der Waals surface area (Å²) in [6, 6.07) is 18.9. The van der Waals surface area contributed by atoms with Gasteiger partial charge in [-0.3, -0.25) is 4.98 Å². The summed E-state index contributed by atoms with van der Waals surface area (Å²) in [6.07, 6.45) is 1.75. The van der Waals surface area contributed by atoms with E-state index in [-0.39, 0.29) is 0 Å². The maximum Gasteiger partial charge on any atom is 0.130 e. The SMILES string of the molecule is Clc1cccc(Cl)c1-c1ccc(OCc2ccccn2)cc1. The number of hydrogen-bond donors (Lipinski definition) is 0. The molecule has 4 heteroatoms. The third-order valence-electron chi connectivity index (χ3n) is 3.22. The Bertz CT molecular complexity index is 738. The molecule has 0 fully saturated rings. The van der Waals surface area contributed by atoms with Crippen molar-refractivity contribution >= 4 is 23.2 Å². The van der Waals surface area contributed by atoms with Gasteiger partial charge in [0.05, 0.1) is 5.69 Å². The van der Waals surface area contributed by atoms with E-state index in [1.807, 2.05) is 60.7 Å². The highest BCUT2D eigenvalue weighted by molar-refractivity contribution is 6.39. The molecule has 1 heterocycles. The molecule has 0 radical (unpaired) electrons. The third kappa shape index (κ3) is 3.41. The zero-order valence-electron chi connectivity index (χ0n) is 11.7. The Morgan fingerprint density at radius 1 is 0.818 bits per heavy atom. The van der Waals surface area contributed by atoms with Crippen molar-refractivity contribution in [3.05, 3.63) is 82.6 Å². The molecule has 0 aliphatic rings. The van der Waals surface area contributed by atoms with Gasteiger partial charge in [0.15, 0.2) is 0 Å². The molecule has 0 saturated carbocycles. The molecule has 1 aromatic heterocycles. The molecule has 0 aliphatic carbocycles. The zero-order valence-corrected chi connectivity index (χ0v) is 13.2. The first-order valence-electron chi connectivity index (χ1n) is 6.81. The van der Waals surface area contributed by atoms with Crippen LogP contribution in [0.15, 0.2) is 66.9 Å². The van der Waals surface area contributed by atoms with Crippen molar-refractivity contribution < 1.29 is 4.74 Å². The van der Waals surface area contributed by atoms with Gasteiger partial charge in [-0.1, -0.05) is 47.5 Å². The smallest absolute Gasteiger partial charge is 0.130 e. The van der Waals surface area contributed by atoms with E-state index in [9.17, 15) is 0 Å². The topological polar surface area (TPSA) is 22.1 Å². The summed E-state index contributed by atoms with van der Waals surface area (Å²) in [6.45, 7) is 0.438. The molecule has 0 aliphatic heterocycles. The van der Waals surface area contributed by atoms with E-state index in [0.29, 0.717) is 16.7 Å². The fourth-order valence-electron chi connectivity index (χ4n) is 2.13. The second-order valence-corrected chi connectivity index (χ2v) is 5.55. The number of pyridine rings is 1. The summed E-state index contributed by atoms with van der Waals surface area (Å²) in [5.41, 5.74) is 2.68. The second kappa shape index (κ2) is 6.82. The minimum Gasteiger partial charge on any atom is -0.487 e. The predicted molar refractivity (Wildman–Crippen MR) is 90.5 cm³/mol. The fraction of sp³-hybridized carbons (Fsp3) is 0.0556. The first-order chi connectivity index (χ1) is 10.7. The first-order valence-corrected chi connectivity index (χ1v) is 7.57. The molecule has 0 saturated heterocycles. The molecule has 0 bridgehead atoms. The van der Waals surface area contributed by atoms with Crippen LogP contribution in [-0.4, -0.2) is 4.98 Å². The monoisotopic (exact) mass is 329 g/mol. The average Bonchev–Trinajstić information content (AvgIpc) is 2.55. The van der Waals surface area contributed by atoms with E-state index in [1.54, 1.807) is 6.20 Å². The fourth-order valence-corrected chi connectivity index (χ4v) is 2.75. The van der Waals surface area contributed by atoms with E-state index >= 15 is 0 Å². The van der Waals surface area contributed by atoms with Crippen LogP contribution in [0.1, 0.15) is 5.69 Å². The Hall–Kier alpha value is -2.03. The van der Waals surface area contributed by atoms with Crippen molar-refractivity contribution in [3.63, 3.8) is 0 Å². The van der Waals surface area contributed by atoms with Crippen LogP contribution in [0.5, 0.6) is 5.75 Å². The number of ether oxygens (including phenoxy) is 1. The summed E-state index contributed by atoms with van der Waals surface area (Å²) >= 11 is 12.4. The zero-order chi connectivity index (χ0) is 15.4. The van der Waals surface area contributed by atoms with Crippen molar-refractivity contribution in [2.45, 2.75) is 6.61 Å². The molecule has 0 amide bonds. The Morgan fingerprint density at radius 3 is 2.18 bits per heavy atom. The maximum absolute atomic E-state index is 6.22. The number of aromatic nitrogens is 1. The minimum atomic E-state index is 0.438. The minimum absolute atomic E-state index is 0.438. The third-order valence-corrected chi connectivity index (χ3v) is 3.85. The van der Waals surface area contributed by atoms with Crippen LogP contribution in [-0.2, 0) is 6.61 Å². The van der Waals surface area contributed by atoms with Gasteiger partial charge in [-0.25, -0.2) is 0 Å². The van der Waals surface area contributed by atoms with Gasteiger partial charge in [-0.05, 0) is 42.0 Å². The summed E-state index contributed by atoms with van der Waals surface area (Å²) in [5.74, 6) is 0.776. The quantitative estimate of drug-likeness (QED) is 0.618. The lowest BCUT2D eigenvalue weighted by molar-refractivity contribution is 0.301. The van der Waals surface area contributed by atoms with Crippen LogP contribution >= 0.6 is 23.2 Å². The molecule has 0 spiro atoms. The number of benzene rings is 2. The van der Waals surface area contributed by atoms with Crippen LogP contribution in [0.2, 0.25) is 10.0 Å². The van der Waals surface area contributed by atoms with E-state index in [4.69, 9.17) is 27.9 Å². The average molecular weight is 330 g/mol. The van der Waals surface area contributed by atoms with E-state index in [2.05, 4.69) is 4.98 Å². The van der Waals surface area contributed by atoms with Gasteiger partial charge in [0.1, 0.15) is 12.4 Å². The maximum atomic E-state index is 6.22. The van der Waals surface area contributed by atoms with E-state index in [0.717, 1.165) is 22.6 Å². The lowest BCUT2D eigenvalue weighted by Gasteiger charge is -2.09. The highest BCUT2D eigenvalue weighted by Crippen LogP contribution is 2.35. The molecule has 0 unspecified atom stereocenters. The van der Waals surface area contributed by atoms with Gasteiger partial charge in [0.25, 0.3) is 0 Å². The molecule has 2 nitrogen and oxygen atoms in total. The summed E-state index contributed by atoms with van der Waals surface area (Å²) in [7, 11) is 0. The van der Waals surface area contributed by atoms with Crippen molar-refractivity contribution in [1.82, 2.24) is 4.98 Å². The molecule has 0 N–H and O–H groups in total. The van der Waals surface area contributed by atoms with E-state index in [1.165, 1.54) is 0 Å². The molecule has 22 heavy (non-hydrogen) atoms. The lowest BCUT2D eigenvalue weighted by atomic mass is 10.1. The van der Waals surface area contributed by atoms with Gasteiger partial charge in [-0.2, -0.15) is 0 Å². The molecular weight excluding hydrogens is 317 g/mol. The second-order valence-electron chi connectivity index (χ2n) is 4.73. The number of nitrogens with zero attached hydrogens (tertiary/aromatic N) is 1. The van der Waals surface area contributed by atoms with E-state index < -0.39 is 0 Å². The highest BCUT2D eigenvalue weighted by Gasteiger charge is 2.08. The van der Waals surface area contributed by atoms with Gasteiger partial charge in [-0.15, -0.1) is 0 Å². The Kier molecular flexibility index (Phi) is 4.62. The molecule has 110 valence electrons. The number of halogens is 2. The van der Waals surface area contributed by atoms with Crippen LogP contribution in [0.3, 0.4) is 0 Å². The standard InChI is InChI=1S/C18H13Cl2NO/c19-16-5-3-6-17(20)18(16)13-7-9-15(10-8-13)22-12-14-4-1-2-11-21-14/h1-11H,12H2. The van der Waals surface area contributed by atoms with Crippen molar-refractivity contribution in [1.29, 1.82) is 0 Å². The summed E-state index contributed by atoms with van der Waals surface area (Å²) in [4.78, 5) is 4.22. The lowest BCUT2D eigenvalue weighted by Crippen LogP contribution is -1.97. The van der Waals surface area contributed by atoms with Crippen molar-refractivity contribution in [2.75, 3.05) is 0 Å². The van der Waals surface area contributed by atoms with Gasteiger partial charge in [0.2, 0.25) is 0 Å². The van der Waals surface area contributed by atoms with Crippen molar-refractivity contribution in [2.24, 2.45) is 0 Å². The van der Waals surface area contributed by atoms with Crippen LogP contribution in [0.4, 0.5) is 0 Å². The first kappa shape index (κ1) is 14.9. The van der Waals surface area contributed by atoms with Gasteiger partial charge in [0, 0.05) is 21.8 Å². The van der Waals surface area contributed by atoms with Crippen molar-refractivity contribution in [3.8, 4) is 16.9 Å². The van der Waals surface area contributed by atoms with Crippen LogP contribution < -0.4 is 4.74 Å². The number of rotatable bonds is 4. The molecule has 0 atom stereocenters. The number of hydrogen-bond acceptors (Lipinski definition) is 2. The largest absolute Gasteiger partial charge is 0.487 e. The van der Waals surface area contributed by atoms with Gasteiger partial charge >= 0.3 is 0 Å². The van der Waals surface area contributed by atoms with Gasteiger partial charge < -0.3 is 4.74 Å². The summed E-state index contributed by atoms with van der Waals surface area (Å²) < 4.78 is 5.71.